The van der Waals surface area contributed by atoms with Crippen molar-refractivity contribution >= 4 is 27.5 Å². The fraction of sp³-hybridized carbons (Fsp3) is 0.435. The van der Waals surface area contributed by atoms with Gasteiger partial charge in [-0.3, -0.25) is 9.69 Å². The van der Waals surface area contributed by atoms with Crippen LogP contribution in [0.3, 0.4) is 0 Å². The summed E-state index contributed by atoms with van der Waals surface area (Å²) in [5.74, 6) is 0.174. The van der Waals surface area contributed by atoms with E-state index in [1.165, 1.54) is 17.7 Å². The zero-order valence-electron chi connectivity index (χ0n) is 16.6. The summed E-state index contributed by atoms with van der Waals surface area (Å²) in [7, 11) is 0. The van der Waals surface area contributed by atoms with Gasteiger partial charge < -0.3 is 9.80 Å². The van der Waals surface area contributed by atoms with Crippen LogP contribution in [-0.2, 0) is 11.3 Å². The minimum absolute atomic E-state index is 0.0940. The van der Waals surface area contributed by atoms with Crippen LogP contribution in [0.5, 0.6) is 0 Å². The molecule has 6 heteroatoms. The lowest BCUT2D eigenvalue weighted by Crippen LogP contribution is -2.52. The Balaban J connectivity index is 1.30. The summed E-state index contributed by atoms with van der Waals surface area (Å²) in [6.07, 6.45) is 2.05. The molecule has 2 heterocycles. The van der Waals surface area contributed by atoms with Gasteiger partial charge in [-0.05, 0) is 61.3 Å². The van der Waals surface area contributed by atoms with Gasteiger partial charge in [0.25, 0.3) is 0 Å². The first kappa shape index (κ1) is 20.4. The molecule has 154 valence electrons. The number of piperidine rings is 1. The predicted molar refractivity (Wildman–Crippen MR) is 117 cm³/mol. The van der Waals surface area contributed by atoms with Crippen molar-refractivity contribution in [2.45, 2.75) is 19.4 Å². The van der Waals surface area contributed by atoms with Crippen LogP contribution in [0.25, 0.3) is 0 Å². The first-order valence-electron chi connectivity index (χ1n) is 10.3. The van der Waals surface area contributed by atoms with Gasteiger partial charge >= 0.3 is 0 Å². The van der Waals surface area contributed by atoms with E-state index in [2.05, 4.69) is 50.0 Å². The highest BCUT2D eigenvalue weighted by molar-refractivity contribution is 9.10. The Bertz CT molecular complexity index is 819. The van der Waals surface area contributed by atoms with Crippen molar-refractivity contribution in [3.05, 3.63) is 64.4 Å². The van der Waals surface area contributed by atoms with E-state index in [-0.39, 0.29) is 11.7 Å². The highest BCUT2D eigenvalue weighted by atomic mass is 79.9. The van der Waals surface area contributed by atoms with Crippen LogP contribution in [0, 0.1) is 11.7 Å². The smallest absolute Gasteiger partial charge is 0.227 e. The van der Waals surface area contributed by atoms with Gasteiger partial charge in [0, 0.05) is 49.4 Å². The van der Waals surface area contributed by atoms with Gasteiger partial charge in [-0.2, -0.15) is 0 Å². The number of amides is 1. The molecular weight excluding hydrogens is 433 g/mol. The molecular formula is C23H27BrFN3O. The number of nitrogens with zero attached hydrogens (tertiary/aromatic N) is 3. The number of likely N-dealkylation sites (tertiary alicyclic amines) is 1. The second-order valence-electron chi connectivity index (χ2n) is 7.99. The average molecular weight is 460 g/mol. The topological polar surface area (TPSA) is 26.8 Å². The molecule has 1 unspecified atom stereocenters. The molecule has 4 rings (SSSR count). The molecule has 0 aliphatic carbocycles. The van der Waals surface area contributed by atoms with Crippen LogP contribution in [0.15, 0.2) is 53.0 Å². The van der Waals surface area contributed by atoms with Gasteiger partial charge in [-0.1, -0.05) is 28.1 Å². The summed E-state index contributed by atoms with van der Waals surface area (Å²) in [4.78, 5) is 19.8. The number of halogens is 2. The maximum atomic E-state index is 13.1. The monoisotopic (exact) mass is 459 g/mol. The van der Waals surface area contributed by atoms with Gasteiger partial charge in [0.15, 0.2) is 0 Å². The number of piperazine rings is 1. The third-order valence-electron chi connectivity index (χ3n) is 5.96. The molecule has 4 nitrogen and oxygen atoms in total. The molecule has 0 bridgehead atoms. The Kier molecular flexibility index (Phi) is 6.50. The summed E-state index contributed by atoms with van der Waals surface area (Å²) in [5, 5.41) is 0. The molecule has 1 atom stereocenters. The van der Waals surface area contributed by atoms with Crippen LogP contribution in [0.1, 0.15) is 18.4 Å². The Morgan fingerprint density at radius 3 is 2.34 bits per heavy atom. The van der Waals surface area contributed by atoms with Gasteiger partial charge in [-0.15, -0.1) is 0 Å². The van der Waals surface area contributed by atoms with Gasteiger partial charge in [-0.25, -0.2) is 4.39 Å². The minimum atomic E-state index is -0.215. The zero-order valence-corrected chi connectivity index (χ0v) is 18.2. The Morgan fingerprint density at radius 1 is 0.966 bits per heavy atom. The highest BCUT2D eigenvalue weighted by Gasteiger charge is 2.31. The number of anilines is 1. The highest BCUT2D eigenvalue weighted by Crippen LogP contribution is 2.23. The van der Waals surface area contributed by atoms with Crippen molar-refractivity contribution in [3.63, 3.8) is 0 Å². The van der Waals surface area contributed by atoms with Crippen molar-refractivity contribution in [1.29, 1.82) is 0 Å². The van der Waals surface area contributed by atoms with Crippen LogP contribution < -0.4 is 4.90 Å². The summed E-state index contributed by atoms with van der Waals surface area (Å²) < 4.78 is 14.2. The number of benzene rings is 2. The maximum absolute atomic E-state index is 13.1. The molecule has 0 N–H and O–H groups in total. The Morgan fingerprint density at radius 2 is 1.66 bits per heavy atom. The molecule has 29 heavy (non-hydrogen) atoms. The number of carbonyl (C=O) groups excluding carboxylic acids is 1. The molecule has 2 saturated heterocycles. The van der Waals surface area contributed by atoms with Crippen molar-refractivity contribution in [3.8, 4) is 0 Å². The quantitative estimate of drug-likeness (QED) is 0.686. The molecule has 2 fully saturated rings. The first-order valence-corrected chi connectivity index (χ1v) is 11.1. The summed E-state index contributed by atoms with van der Waals surface area (Å²) in [6.45, 7) is 5.86. The summed E-state index contributed by atoms with van der Waals surface area (Å²) in [6, 6.07) is 15.0. The van der Waals surface area contributed by atoms with E-state index in [9.17, 15) is 9.18 Å². The standard InChI is InChI=1S/C23H27BrFN3O/c24-20-5-3-18(4-6-20)16-26-11-1-2-19(17-26)23(29)28-14-12-27(13-15-28)22-9-7-21(25)8-10-22/h3-10,19H,1-2,11-17H2. The first-order chi connectivity index (χ1) is 14.1. The van der Waals surface area contributed by atoms with Crippen molar-refractivity contribution in [1.82, 2.24) is 9.80 Å². The number of carbonyl (C=O) groups is 1. The second-order valence-corrected chi connectivity index (χ2v) is 8.91. The van der Waals surface area contributed by atoms with E-state index >= 15 is 0 Å². The Hall–Kier alpha value is -1.92. The van der Waals surface area contributed by atoms with Gasteiger partial charge in [0.05, 0.1) is 5.92 Å². The van der Waals surface area contributed by atoms with Crippen molar-refractivity contribution in [2.24, 2.45) is 5.92 Å². The molecule has 1 amide bonds. The normalized spacial score (nSPS) is 20.7. The largest absolute Gasteiger partial charge is 0.368 e. The van der Waals surface area contributed by atoms with Crippen LogP contribution in [0.2, 0.25) is 0 Å². The third-order valence-corrected chi connectivity index (χ3v) is 6.49. The van der Waals surface area contributed by atoms with Crippen molar-refractivity contribution < 1.29 is 9.18 Å². The van der Waals surface area contributed by atoms with Crippen LogP contribution in [-0.4, -0.2) is 55.0 Å². The van der Waals surface area contributed by atoms with E-state index in [4.69, 9.17) is 0 Å². The fourth-order valence-electron chi connectivity index (χ4n) is 4.34. The van der Waals surface area contributed by atoms with Gasteiger partial charge in [0.2, 0.25) is 5.91 Å². The summed E-state index contributed by atoms with van der Waals surface area (Å²) >= 11 is 3.48. The van der Waals surface area contributed by atoms with E-state index < -0.39 is 0 Å². The molecule has 0 spiro atoms. The summed E-state index contributed by atoms with van der Waals surface area (Å²) in [5.41, 5.74) is 2.31. The lowest BCUT2D eigenvalue weighted by molar-refractivity contribution is -0.137. The lowest BCUT2D eigenvalue weighted by Gasteiger charge is -2.39. The molecule has 2 aliphatic heterocycles. The number of hydrogen-bond donors (Lipinski definition) is 0. The second kappa shape index (κ2) is 9.26. The molecule has 0 aromatic heterocycles. The fourth-order valence-corrected chi connectivity index (χ4v) is 4.61. The van der Waals surface area contributed by atoms with Crippen molar-refractivity contribution in [2.75, 3.05) is 44.2 Å². The lowest BCUT2D eigenvalue weighted by atomic mass is 9.95. The number of hydrogen-bond acceptors (Lipinski definition) is 3. The van der Waals surface area contributed by atoms with E-state index in [1.54, 1.807) is 0 Å². The molecule has 2 aliphatic rings. The van der Waals surface area contributed by atoms with E-state index in [0.717, 1.165) is 68.8 Å². The van der Waals surface area contributed by atoms with E-state index in [1.807, 2.05) is 17.0 Å². The SMILES string of the molecule is O=C(C1CCCN(Cc2ccc(Br)cc2)C1)N1CCN(c2ccc(F)cc2)CC1. The molecule has 2 aromatic carbocycles. The predicted octanol–water partition coefficient (Wildman–Crippen LogP) is 4.15. The van der Waals surface area contributed by atoms with Crippen LogP contribution in [0.4, 0.5) is 10.1 Å². The van der Waals surface area contributed by atoms with Gasteiger partial charge in [0.1, 0.15) is 5.82 Å². The van der Waals surface area contributed by atoms with Crippen LogP contribution >= 0.6 is 15.9 Å². The average Bonchev–Trinajstić information content (AvgIpc) is 2.76. The molecule has 2 aromatic rings. The van der Waals surface area contributed by atoms with E-state index in [0.29, 0.717) is 5.91 Å². The maximum Gasteiger partial charge on any atom is 0.227 e. The zero-order chi connectivity index (χ0) is 20.2. The number of rotatable bonds is 4. The molecule has 0 radical (unpaired) electrons. The molecule has 0 saturated carbocycles. The third kappa shape index (κ3) is 5.17. The Labute approximate surface area is 180 Å². The minimum Gasteiger partial charge on any atom is -0.368 e.